The van der Waals surface area contributed by atoms with Gasteiger partial charge in [-0.1, -0.05) is 164 Å². The molecule has 0 fully saturated rings. The number of benzene rings is 9. The van der Waals surface area contributed by atoms with Gasteiger partial charge in [0.15, 0.2) is 0 Å². The second-order valence-corrected chi connectivity index (χ2v) is 15.2. The van der Waals surface area contributed by atoms with Gasteiger partial charge < -0.3 is 8.98 Å². The topological polar surface area (TPSA) is 18.1 Å². The molecule has 12 rings (SSSR count). The lowest BCUT2D eigenvalue weighted by molar-refractivity contribution is 0.669. The predicted octanol–water partition coefficient (Wildman–Crippen LogP) is 16.2. The van der Waals surface area contributed by atoms with Crippen LogP contribution in [0.15, 0.2) is 217 Å². The molecule has 0 amide bonds. The molecule has 0 N–H and O–H groups in total. The van der Waals surface area contributed by atoms with Gasteiger partial charge >= 0.3 is 0 Å². The van der Waals surface area contributed by atoms with Crippen molar-refractivity contribution in [3.05, 3.63) is 213 Å². The van der Waals surface area contributed by atoms with E-state index in [1.165, 1.54) is 88.2 Å². The summed E-state index contributed by atoms with van der Waals surface area (Å²) in [6.45, 7) is 5.42. The molecule has 0 radical (unpaired) electrons. The van der Waals surface area contributed by atoms with Crippen molar-refractivity contribution >= 4 is 54.5 Å². The third kappa shape index (κ3) is 5.64. The Bertz CT molecular complexity index is 3450. The number of rotatable bonds is 5. The smallest absolute Gasteiger partial charge is 0.135 e. The Hall–Kier alpha value is -7.68. The van der Waals surface area contributed by atoms with Crippen LogP contribution in [0, 0.1) is 0 Å². The fourth-order valence-electron chi connectivity index (χ4n) is 9.19. The van der Waals surface area contributed by atoms with Crippen molar-refractivity contribution in [3.63, 3.8) is 0 Å². The van der Waals surface area contributed by atoms with Gasteiger partial charge in [-0.15, -0.1) is 0 Å². The SMILES string of the molecule is C=C/C=C\C.c1ccc(-c2ccc(-c3cccc(-n4c5ccc(-c6ccc7oc8ccccc8c7c6)cc5c5c6cccc7c6c(cc54)-c4ccccc4-7)c3)cc2)cc1. The largest absolute Gasteiger partial charge is 0.456 e. The Balaban J connectivity index is 0.000000752. The molecule has 11 aromatic rings. The van der Waals surface area contributed by atoms with Crippen molar-refractivity contribution in [2.24, 2.45) is 0 Å². The van der Waals surface area contributed by atoms with Crippen LogP contribution < -0.4 is 0 Å². The highest BCUT2D eigenvalue weighted by atomic mass is 16.3. The van der Waals surface area contributed by atoms with Gasteiger partial charge in [0.25, 0.3) is 0 Å². The van der Waals surface area contributed by atoms with E-state index in [9.17, 15) is 0 Å². The molecular weight excluding hydrogens is 715 g/mol. The third-order valence-electron chi connectivity index (χ3n) is 11.9. The van der Waals surface area contributed by atoms with Crippen LogP contribution in [0.1, 0.15) is 6.92 Å². The van der Waals surface area contributed by atoms with Gasteiger partial charge in [0.1, 0.15) is 11.2 Å². The van der Waals surface area contributed by atoms with Gasteiger partial charge in [0, 0.05) is 27.2 Å². The van der Waals surface area contributed by atoms with Crippen LogP contribution in [0.25, 0.3) is 116 Å². The molecule has 1 aliphatic carbocycles. The van der Waals surface area contributed by atoms with Gasteiger partial charge in [-0.3, -0.25) is 0 Å². The molecule has 0 spiro atoms. The maximum atomic E-state index is 6.19. The van der Waals surface area contributed by atoms with E-state index >= 15 is 0 Å². The number of fused-ring (bicyclic) bond motifs is 10. The number of aromatic nitrogens is 1. The van der Waals surface area contributed by atoms with Crippen LogP contribution in [0.3, 0.4) is 0 Å². The summed E-state index contributed by atoms with van der Waals surface area (Å²) >= 11 is 0. The van der Waals surface area contributed by atoms with Crippen LogP contribution in [-0.2, 0) is 0 Å². The average Bonchev–Trinajstić information content (AvgIpc) is 3.95. The highest BCUT2D eigenvalue weighted by Gasteiger charge is 2.25. The van der Waals surface area contributed by atoms with Crippen molar-refractivity contribution in [3.8, 4) is 61.3 Å². The lowest BCUT2D eigenvalue weighted by Gasteiger charge is -2.12. The minimum Gasteiger partial charge on any atom is -0.456 e. The zero-order valence-corrected chi connectivity index (χ0v) is 32.7. The molecule has 0 saturated heterocycles. The van der Waals surface area contributed by atoms with Crippen LogP contribution in [0.2, 0.25) is 0 Å². The molecule has 0 saturated carbocycles. The minimum atomic E-state index is 0.913. The number of furan rings is 1. The summed E-state index contributed by atoms with van der Waals surface area (Å²) in [5.74, 6) is 0. The summed E-state index contributed by atoms with van der Waals surface area (Å²) in [5, 5.41) is 7.45. The second kappa shape index (κ2) is 14.1. The first-order chi connectivity index (χ1) is 29.2. The van der Waals surface area contributed by atoms with E-state index in [4.69, 9.17) is 4.42 Å². The summed E-state index contributed by atoms with van der Waals surface area (Å²) in [6.07, 6.45) is 5.58. The Morgan fingerprint density at radius 3 is 1.76 bits per heavy atom. The first-order valence-corrected chi connectivity index (χ1v) is 20.2. The lowest BCUT2D eigenvalue weighted by atomic mass is 9.96. The molecule has 0 atom stereocenters. The zero-order chi connectivity index (χ0) is 39.5. The van der Waals surface area contributed by atoms with E-state index in [1.807, 2.05) is 31.2 Å². The molecule has 2 heterocycles. The van der Waals surface area contributed by atoms with E-state index < -0.39 is 0 Å². The Morgan fingerprint density at radius 2 is 0.983 bits per heavy atom. The Kier molecular flexibility index (Phi) is 8.23. The maximum Gasteiger partial charge on any atom is 0.135 e. The monoisotopic (exact) mass is 753 g/mol. The highest BCUT2D eigenvalue weighted by molar-refractivity contribution is 6.29. The predicted molar refractivity (Wildman–Crippen MR) is 251 cm³/mol. The van der Waals surface area contributed by atoms with E-state index in [1.54, 1.807) is 6.08 Å². The average molecular weight is 754 g/mol. The molecule has 59 heavy (non-hydrogen) atoms. The quantitative estimate of drug-likeness (QED) is 0.160. The molecule has 2 aromatic heterocycles. The number of para-hydroxylation sites is 1. The number of allylic oxidation sites excluding steroid dienone is 3. The second-order valence-electron chi connectivity index (χ2n) is 15.2. The van der Waals surface area contributed by atoms with Gasteiger partial charge in [-0.25, -0.2) is 0 Å². The molecular formula is C57H39NO. The van der Waals surface area contributed by atoms with Crippen molar-refractivity contribution in [1.29, 1.82) is 0 Å². The number of hydrogen-bond acceptors (Lipinski definition) is 1. The molecule has 0 unspecified atom stereocenters. The first kappa shape index (κ1) is 34.6. The van der Waals surface area contributed by atoms with Crippen LogP contribution in [0.4, 0.5) is 0 Å². The molecule has 9 aromatic carbocycles. The van der Waals surface area contributed by atoms with Crippen molar-refractivity contribution < 1.29 is 4.42 Å². The van der Waals surface area contributed by atoms with Gasteiger partial charge in [-0.2, -0.15) is 0 Å². The molecule has 2 heteroatoms. The Morgan fingerprint density at radius 1 is 0.407 bits per heavy atom. The van der Waals surface area contributed by atoms with Gasteiger partial charge in [0.2, 0.25) is 0 Å². The van der Waals surface area contributed by atoms with E-state index in [0.717, 1.165) is 27.6 Å². The van der Waals surface area contributed by atoms with Crippen molar-refractivity contribution in [1.82, 2.24) is 4.57 Å². The van der Waals surface area contributed by atoms with Crippen LogP contribution in [0.5, 0.6) is 0 Å². The summed E-state index contributed by atoms with van der Waals surface area (Å²) in [5.41, 5.74) is 17.8. The van der Waals surface area contributed by atoms with Crippen molar-refractivity contribution in [2.75, 3.05) is 0 Å². The third-order valence-corrected chi connectivity index (χ3v) is 11.9. The molecule has 0 bridgehead atoms. The van der Waals surface area contributed by atoms with E-state index in [-0.39, 0.29) is 0 Å². The molecule has 2 nitrogen and oxygen atoms in total. The fourth-order valence-corrected chi connectivity index (χ4v) is 9.19. The van der Waals surface area contributed by atoms with E-state index in [2.05, 4.69) is 187 Å². The summed E-state index contributed by atoms with van der Waals surface area (Å²) in [6, 6.07) is 68.6. The minimum absolute atomic E-state index is 0.913. The summed E-state index contributed by atoms with van der Waals surface area (Å²) in [4.78, 5) is 0. The van der Waals surface area contributed by atoms with Crippen molar-refractivity contribution in [2.45, 2.75) is 6.92 Å². The normalized spacial score (nSPS) is 11.8. The van der Waals surface area contributed by atoms with Crippen LogP contribution >= 0.6 is 0 Å². The van der Waals surface area contributed by atoms with Crippen LogP contribution in [-0.4, -0.2) is 4.57 Å². The fraction of sp³-hybridized carbons (Fsp3) is 0.0175. The molecule has 1 aliphatic rings. The Labute approximate surface area is 343 Å². The van der Waals surface area contributed by atoms with E-state index in [0.29, 0.717) is 0 Å². The number of nitrogens with zero attached hydrogens (tertiary/aromatic N) is 1. The summed E-state index contributed by atoms with van der Waals surface area (Å²) in [7, 11) is 0. The highest BCUT2D eigenvalue weighted by Crippen LogP contribution is 2.51. The lowest BCUT2D eigenvalue weighted by Crippen LogP contribution is -1.95. The maximum absolute atomic E-state index is 6.19. The molecule has 278 valence electrons. The summed E-state index contributed by atoms with van der Waals surface area (Å²) < 4.78 is 8.67. The van der Waals surface area contributed by atoms with Gasteiger partial charge in [0.05, 0.1) is 11.0 Å². The van der Waals surface area contributed by atoms with Gasteiger partial charge in [-0.05, 0) is 122 Å². The number of hydrogen-bond donors (Lipinski definition) is 0. The standard InChI is InChI=1S/C52H31NO.C5H8/c1-2-10-32(11-3-1)33-20-22-34(23-21-33)35-12-8-13-38(28-35)53-47-26-24-36(37-25-27-50-44(29-37)41-16-6-7-19-49(41)54-50)30-46(47)52-43-18-9-17-42-39-14-4-5-15-40(39)45(51(42)43)31-48(52)53;1-3-5-4-2/h1-31H;3-5H,1H2,2H3/b;5-4-. The first-order valence-electron chi connectivity index (χ1n) is 20.2. The zero-order valence-electron chi connectivity index (χ0n) is 32.7. The molecule has 0 aliphatic heterocycles.